The Morgan fingerprint density at radius 1 is 1.22 bits per heavy atom. The van der Waals surface area contributed by atoms with E-state index >= 15 is 0 Å². The van der Waals surface area contributed by atoms with Gasteiger partial charge in [-0.15, -0.1) is 11.3 Å². The highest BCUT2D eigenvalue weighted by atomic mass is 32.1. The molecule has 4 nitrogen and oxygen atoms in total. The molecule has 4 rings (SSSR count). The number of anilines is 1. The number of nitrogens with one attached hydrogen (secondary N) is 1. The minimum Gasteiger partial charge on any atom is -0.390 e. The molecule has 3 N–H and O–H groups in total. The minimum atomic E-state index is -0.592. The zero-order chi connectivity index (χ0) is 16.0. The molecule has 2 aromatic rings. The van der Waals surface area contributed by atoms with Crippen LogP contribution in [0.3, 0.4) is 0 Å². The molecule has 1 heterocycles. The van der Waals surface area contributed by atoms with Crippen LogP contribution in [0.15, 0.2) is 29.6 Å². The molecular weight excluding hydrogens is 315 g/mol. The minimum absolute atomic E-state index is 0.175. The molecule has 2 aliphatic rings. The monoisotopic (exact) mass is 334 g/mol. The van der Waals surface area contributed by atoms with E-state index < -0.39 is 12.2 Å². The fraction of sp³-hybridized carbons (Fsp3) is 0.471. The summed E-state index contributed by atoms with van der Waals surface area (Å²) >= 11 is 1.46. The highest BCUT2D eigenvalue weighted by Crippen LogP contribution is 2.48. The van der Waals surface area contributed by atoms with E-state index in [4.69, 9.17) is 0 Å². The van der Waals surface area contributed by atoms with Gasteiger partial charge in [0.1, 0.15) is 5.82 Å². The molecule has 122 valence electrons. The number of benzene rings is 1. The summed E-state index contributed by atoms with van der Waals surface area (Å²) in [5, 5.41) is 25.8. The molecule has 2 aliphatic carbocycles. The maximum absolute atomic E-state index is 13.8. The van der Waals surface area contributed by atoms with E-state index in [-0.39, 0.29) is 17.7 Å². The Bertz CT molecular complexity index is 705. The Hall–Kier alpha value is -1.50. The second kappa shape index (κ2) is 5.85. The van der Waals surface area contributed by atoms with Gasteiger partial charge in [-0.1, -0.05) is 12.1 Å². The average Bonchev–Trinajstić information content (AvgIpc) is 3.24. The fourth-order valence-electron chi connectivity index (χ4n) is 4.03. The van der Waals surface area contributed by atoms with Gasteiger partial charge in [-0.3, -0.25) is 0 Å². The third kappa shape index (κ3) is 2.65. The van der Waals surface area contributed by atoms with E-state index in [2.05, 4.69) is 10.3 Å². The summed E-state index contributed by atoms with van der Waals surface area (Å²) in [6, 6.07) is 6.62. The van der Waals surface area contributed by atoms with E-state index in [0.29, 0.717) is 17.2 Å². The summed E-state index contributed by atoms with van der Waals surface area (Å²) in [5.74, 6) is 0.495. The number of aliphatic hydroxyl groups excluding tert-OH is 2. The number of halogens is 1. The Morgan fingerprint density at radius 2 is 2.04 bits per heavy atom. The summed E-state index contributed by atoms with van der Waals surface area (Å²) in [6.45, 7) is 0.731. The van der Waals surface area contributed by atoms with Crippen LogP contribution in [0.4, 0.5) is 9.52 Å². The third-order valence-corrected chi connectivity index (χ3v) is 6.03. The second-order valence-electron chi connectivity index (χ2n) is 6.54. The lowest BCUT2D eigenvalue weighted by molar-refractivity contribution is -0.0317. The standard InChI is InChI=1S/C17H19FN2O2S/c18-13-4-2-1-3-11(13)14-8-23-17(20-14)19-7-10-5-9-6-12(10)16(22)15(9)21/h1-4,8-10,12,15-16,21-22H,5-7H2,(H,19,20)/t9-,10-,12-,15+,16-/m1/s1. The van der Waals surface area contributed by atoms with Crippen LogP contribution in [-0.4, -0.2) is 33.9 Å². The highest BCUT2D eigenvalue weighted by Gasteiger charge is 2.51. The van der Waals surface area contributed by atoms with Crippen molar-refractivity contribution in [2.45, 2.75) is 25.0 Å². The number of hydrogen-bond acceptors (Lipinski definition) is 5. The van der Waals surface area contributed by atoms with E-state index in [9.17, 15) is 14.6 Å². The van der Waals surface area contributed by atoms with Gasteiger partial charge < -0.3 is 15.5 Å². The topological polar surface area (TPSA) is 65.4 Å². The number of thiazole rings is 1. The van der Waals surface area contributed by atoms with Gasteiger partial charge in [-0.25, -0.2) is 9.37 Å². The van der Waals surface area contributed by atoms with Crippen molar-refractivity contribution in [3.05, 3.63) is 35.5 Å². The lowest BCUT2D eigenvalue weighted by Gasteiger charge is -2.29. The molecule has 0 spiro atoms. The van der Waals surface area contributed by atoms with Crippen LogP contribution in [0.25, 0.3) is 11.3 Å². The van der Waals surface area contributed by atoms with Gasteiger partial charge >= 0.3 is 0 Å². The van der Waals surface area contributed by atoms with Crippen molar-refractivity contribution in [3.63, 3.8) is 0 Å². The van der Waals surface area contributed by atoms with Crippen LogP contribution >= 0.6 is 11.3 Å². The zero-order valence-corrected chi connectivity index (χ0v) is 13.3. The highest BCUT2D eigenvalue weighted by molar-refractivity contribution is 7.14. The van der Waals surface area contributed by atoms with Crippen LogP contribution in [0, 0.1) is 23.6 Å². The van der Waals surface area contributed by atoms with Gasteiger partial charge in [-0.05, 0) is 42.7 Å². The molecule has 1 aromatic heterocycles. The number of aliphatic hydroxyl groups is 2. The molecule has 23 heavy (non-hydrogen) atoms. The van der Waals surface area contributed by atoms with Gasteiger partial charge in [0.05, 0.1) is 17.9 Å². The first-order chi connectivity index (χ1) is 11.1. The SMILES string of the molecule is O[C@H]1[C@@H]2C[C@H](CNc3nc(-c4ccccc4F)cs3)[C@@H](C2)[C@H]1O. The lowest BCUT2D eigenvalue weighted by atomic mass is 9.85. The Kier molecular flexibility index (Phi) is 3.83. The zero-order valence-electron chi connectivity index (χ0n) is 12.5. The summed E-state index contributed by atoms with van der Waals surface area (Å²) in [6.07, 6.45) is 0.712. The van der Waals surface area contributed by atoms with E-state index in [1.807, 2.05) is 5.38 Å². The molecule has 0 aliphatic heterocycles. The first-order valence-corrected chi connectivity index (χ1v) is 8.82. The van der Waals surface area contributed by atoms with Gasteiger partial charge in [-0.2, -0.15) is 0 Å². The molecule has 5 atom stereocenters. The van der Waals surface area contributed by atoms with E-state index in [0.717, 1.165) is 24.5 Å². The Balaban J connectivity index is 1.41. The molecule has 2 saturated carbocycles. The molecule has 2 bridgehead atoms. The number of hydrogen-bond donors (Lipinski definition) is 3. The largest absolute Gasteiger partial charge is 0.390 e. The number of aromatic nitrogens is 1. The van der Waals surface area contributed by atoms with Crippen molar-refractivity contribution in [3.8, 4) is 11.3 Å². The molecule has 0 amide bonds. The van der Waals surface area contributed by atoms with Crippen molar-refractivity contribution in [2.24, 2.45) is 17.8 Å². The fourth-order valence-corrected chi connectivity index (χ4v) is 4.75. The molecule has 0 radical (unpaired) electrons. The summed E-state index contributed by atoms with van der Waals surface area (Å²) in [7, 11) is 0. The van der Waals surface area contributed by atoms with Crippen LogP contribution in [0.1, 0.15) is 12.8 Å². The maximum Gasteiger partial charge on any atom is 0.183 e. The lowest BCUT2D eigenvalue weighted by Crippen LogP contribution is -2.38. The van der Waals surface area contributed by atoms with Crippen molar-refractivity contribution in [2.75, 3.05) is 11.9 Å². The maximum atomic E-state index is 13.8. The Labute approximate surface area is 138 Å². The molecular formula is C17H19FN2O2S. The third-order valence-electron chi connectivity index (χ3n) is 5.23. The van der Waals surface area contributed by atoms with Crippen LogP contribution < -0.4 is 5.32 Å². The first-order valence-electron chi connectivity index (χ1n) is 7.94. The molecule has 6 heteroatoms. The van der Waals surface area contributed by atoms with Crippen molar-refractivity contribution in [1.82, 2.24) is 4.98 Å². The number of fused-ring (bicyclic) bond motifs is 2. The predicted molar refractivity (Wildman–Crippen MR) is 87.7 cm³/mol. The normalized spacial score (nSPS) is 32.4. The van der Waals surface area contributed by atoms with Crippen molar-refractivity contribution >= 4 is 16.5 Å². The van der Waals surface area contributed by atoms with Crippen LogP contribution in [0.5, 0.6) is 0 Å². The first kappa shape index (κ1) is 15.1. The number of rotatable bonds is 4. The van der Waals surface area contributed by atoms with Crippen molar-refractivity contribution < 1.29 is 14.6 Å². The average molecular weight is 334 g/mol. The summed E-state index contributed by atoms with van der Waals surface area (Å²) in [4.78, 5) is 4.45. The van der Waals surface area contributed by atoms with Crippen molar-refractivity contribution in [1.29, 1.82) is 0 Å². The molecule has 0 unspecified atom stereocenters. The van der Waals surface area contributed by atoms with Gasteiger partial charge in [0.15, 0.2) is 5.13 Å². The van der Waals surface area contributed by atoms with E-state index in [1.54, 1.807) is 18.2 Å². The van der Waals surface area contributed by atoms with Crippen LogP contribution in [0.2, 0.25) is 0 Å². The number of nitrogens with zero attached hydrogens (tertiary/aromatic N) is 1. The van der Waals surface area contributed by atoms with Gasteiger partial charge in [0, 0.05) is 17.5 Å². The van der Waals surface area contributed by atoms with Gasteiger partial charge in [0.2, 0.25) is 0 Å². The summed E-state index contributed by atoms with van der Waals surface area (Å²) in [5.41, 5.74) is 1.15. The predicted octanol–water partition coefficient (Wildman–Crippen LogP) is 2.74. The van der Waals surface area contributed by atoms with Crippen LogP contribution in [-0.2, 0) is 0 Å². The smallest absolute Gasteiger partial charge is 0.183 e. The second-order valence-corrected chi connectivity index (χ2v) is 7.39. The molecule has 0 saturated heterocycles. The van der Waals surface area contributed by atoms with Gasteiger partial charge in [0.25, 0.3) is 0 Å². The Morgan fingerprint density at radius 3 is 2.78 bits per heavy atom. The quantitative estimate of drug-likeness (QED) is 0.804. The molecule has 2 fully saturated rings. The van der Waals surface area contributed by atoms with E-state index in [1.165, 1.54) is 17.4 Å². The summed E-state index contributed by atoms with van der Waals surface area (Å²) < 4.78 is 13.8. The molecule has 1 aromatic carbocycles.